The Bertz CT molecular complexity index is 754. The molecule has 0 fully saturated rings. The van der Waals surface area contributed by atoms with Gasteiger partial charge in [-0.1, -0.05) is 29.3 Å². The Morgan fingerprint density at radius 2 is 1.77 bits per heavy atom. The molecule has 140 valence electrons. The Balaban J connectivity index is 1.72. The van der Waals surface area contributed by atoms with Crippen molar-refractivity contribution in [3.05, 3.63) is 52.0 Å². The van der Waals surface area contributed by atoms with E-state index in [1.165, 1.54) is 0 Å². The van der Waals surface area contributed by atoms with Crippen LogP contribution in [0.1, 0.15) is 12.0 Å². The fourth-order valence-electron chi connectivity index (χ4n) is 2.41. The molecule has 2 N–H and O–H groups in total. The van der Waals surface area contributed by atoms with Gasteiger partial charge in [0.25, 0.3) is 0 Å². The molecule has 0 saturated heterocycles. The van der Waals surface area contributed by atoms with E-state index >= 15 is 0 Å². The van der Waals surface area contributed by atoms with E-state index in [2.05, 4.69) is 10.6 Å². The van der Waals surface area contributed by atoms with E-state index in [4.69, 9.17) is 32.7 Å². The van der Waals surface area contributed by atoms with Crippen LogP contribution in [0.4, 0.5) is 5.69 Å². The van der Waals surface area contributed by atoms with Crippen molar-refractivity contribution in [2.24, 2.45) is 0 Å². The summed E-state index contributed by atoms with van der Waals surface area (Å²) in [7, 11) is 3.12. The summed E-state index contributed by atoms with van der Waals surface area (Å²) in [6.07, 6.45) is 1.13. The minimum Gasteiger partial charge on any atom is -0.493 e. The fraction of sp³-hybridized carbons (Fsp3) is 0.316. The molecular weight excluding hydrogens is 375 g/mol. The van der Waals surface area contributed by atoms with Gasteiger partial charge in [-0.2, -0.15) is 0 Å². The summed E-state index contributed by atoms with van der Waals surface area (Å²) >= 11 is 12.0. The molecule has 5 nitrogen and oxygen atoms in total. The average Bonchev–Trinajstić information content (AvgIpc) is 2.62. The molecule has 0 radical (unpaired) electrons. The summed E-state index contributed by atoms with van der Waals surface area (Å²) in [6.45, 7) is 1.30. The molecule has 7 heteroatoms. The van der Waals surface area contributed by atoms with Crippen molar-refractivity contribution in [3.63, 3.8) is 0 Å². The number of halogens is 2. The first-order valence-electron chi connectivity index (χ1n) is 8.20. The molecule has 26 heavy (non-hydrogen) atoms. The number of carbonyl (C=O) groups is 1. The Hall–Kier alpha value is -1.95. The molecule has 2 aromatic carbocycles. The van der Waals surface area contributed by atoms with Crippen LogP contribution < -0.4 is 20.1 Å². The van der Waals surface area contributed by atoms with Crippen LogP contribution in [0.5, 0.6) is 11.5 Å². The van der Waals surface area contributed by atoms with Gasteiger partial charge in [0.1, 0.15) is 0 Å². The molecule has 2 aromatic rings. The molecule has 0 heterocycles. The average molecular weight is 397 g/mol. The van der Waals surface area contributed by atoms with Crippen molar-refractivity contribution >= 4 is 34.8 Å². The third kappa shape index (κ3) is 6.09. The number of anilines is 1. The zero-order valence-electron chi connectivity index (χ0n) is 14.8. The van der Waals surface area contributed by atoms with Gasteiger partial charge < -0.3 is 20.1 Å². The van der Waals surface area contributed by atoms with Gasteiger partial charge in [0.15, 0.2) is 11.5 Å². The molecule has 0 atom stereocenters. The number of methoxy groups -OCH3 is 2. The third-order valence-corrected chi connectivity index (χ3v) is 4.37. The molecule has 1 amide bonds. The van der Waals surface area contributed by atoms with E-state index in [-0.39, 0.29) is 5.91 Å². The van der Waals surface area contributed by atoms with Crippen LogP contribution in [-0.4, -0.2) is 33.2 Å². The molecule has 0 saturated carbocycles. The quantitative estimate of drug-likeness (QED) is 0.624. The molecule has 0 bridgehead atoms. The number of hydrogen-bond acceptors (Lipinski definition) is 4. The van der Waals surface area contributed by atoms with Crippen molar-refractivity contribution in [2.75, 3.05) is 32.6 Å². The van der Waals surface area contributed by atoms with E-state index in [9.17, 15) is 4.79 Å². The van der Waals surface area contributed by atoms with Crippen LogP contribution in [-0.2, 0) is 11.2 Å². The number of nitrogens with one attached hydrogen (secondary N) is 2. The molecule has 0 aliphatic rings. The largest absolute Gasteiger partial charge is 0.493 e. The van der Waals surface area contributed by atoms with Crippen molar-refractivity contribution in [1.29, 1.82) is 0 Å². The van der Waals surface area contributed by atoms with Gasteiger partial charge in [0.05, 0.1) is 14.2 Å². The lowest BCUT2D eigenvalue weighted by Gasteiger charge is -2.11. The van der Waals surface area contributed by atoms with Gasteiger partial charge in [-0.3, -0.25) is 4.79 Å². The highest BCUT2D eigenvalue weighted by atomic mass is 35.5. The lowest BCUT2D eigenvalue weighted by Crippen LogP contribution is -2.23. The minimum absolute atomic E-state index is 0.0748. The van der Waals surface area contributed by atoms with Gasteiger partial charge >= 0.3 is 0 Å². The molecule has 0 aliphatic heterocycles. The van der Waals surface area contributed by atoms with Crippen LogP contribution in [0.15, 0.2) is 36.4 Å². The van der Waals surface area contributed by atoms with E-state index in [1.807, 2.05) is 12.1 Å². The maximum atomic E-state index is 12.0. The third-order valence-electron chi connectivity index (χ3n) is 3.78. The second kappa shape index (κ2) is 10.3. The van der Waals surface area contributed by atoms with Gasteiger partial charge in [0, 0.05) is 34.8 Å². The second-order valence-electron chi connectivity index (χ2n) is 5.60. The molecule has 0 unspecified atom stereocenters. The van der Waals surface area contributed by atoms with Crippen LogP contribution in [0.25, 0.3) is 0 Å². The zero-order valence-corrected chi connectivity index (χ0v) is 16.3. The van der Waals surface area contributed by atoms with Crippen LogP contribution >= 0.6 is 23.2 Å². The Morgan fingerprint density at radius 3 is 2.46 bits per heavy atom. The summed E-state index contributed by atoms with van der Waals surface area (Å²) in [4.78, 5) is 12.0. The summed E-state index contributed by atoms with van der Waals surface area (Å²) in [6, 6.07) is 10.7. The van der Waals surface area contributed by atoms with Crippen molar-refractivity contribution in [2.45, 2.75) is 12.8 Å². The maximum absolute atomic E-state index is 12.0. The van der Waals surface area contributed by atoms with E-state index in [1.54, 1.807) is 38.5 Å². The van der Waals surface area contributed by atoms with Crippen molar-refractivity contribution < 1.29 is 14.3 Å². The molecule has 0 spiro atoms. The van der Waals surface area contributed by atoms with E-state index < -0.39 is 0 Å². The second-order valence-corrected chi connectivity index (χ2v) is 6.45. The minimum atomic E-state index is -0.0748. The highest BCUT2D eigenvalue weighted by Gasteiger charge is 2.07. The Kier molecular flexibility index (Phi) is 8.04. The molecule has 2 rings (SSSR count). The maximum Gasteiger partial charge on any atom is 0.225 e. The number of carbonyl (C=O) groups excluding carboxylic acids is 1. The van der Waals surface area contributed by atoms with Gasteiger partial charge in [-0.15, -0.1) is 0 Å². The molecule has 0 aliphatic carbocycles. The van der Waals surface area contributed by atoms with Crippen molar-refractivity contribution in [1.82, 2.24) is 5.32 Å². The summed E-state index contributed by atoms with van der Waals surface area (Å²) in [5, 5.41) is 7.36. The first-order chi connectivity index (χ1) is 12.5. The topological polar surface area (TPSA) is 59.6 Å². The lowest BCUT2D eigenvalue weighted by atomic mass is 10.1. The van der Waals surface area contributed by atoms with E-state index in [0.717, 1.165) is 18.5 Å². The van der Waals surface area contributed by atoms with Gasteiger partial charge in [-0.05, 0) is 42.8 Å². The standard InChI is InChI=1S/C19H22Cl2N2O3/c1-25-17-6-5-15(12-18(17)26-2)23-19(24)8-10-22-9-7-13-3-4-14(20)11-16(13)21/h3-6,11-12,22H,7-10H2,1-2H3,(H,23,24). The molecule has 0 aromatic heterocycles. The first kappa shape index (κ1) is 20.4. The number of rotatable bonds is 9. The van der Waals surface area contributed by atoms with Crippen LogP contribution in [0.2, 0.25) is 10.0 Å². The number of hydrogen-bond donors (Lipinski definition) is 2. The first-order valence-corrected chi connectivity index (χ1v) is 8.95. The highest BCUT2D eigenvalue weighted by molar-refractivity contribution is 6.35. The fourth-order valence-corrected chi connectivity index (χ4v) is 2.91. The zero-order chi connectivity index (χ0) is 18.9. The number of ether oxygens (including phenoxy) is 2. The van der Waals surface area contributed by atoms with Gasteiger partial charge in [-0.25, -0.2) is 0 Å². The SMILES string of the molecule is COc1ccc(NC(=O)CCNCCc2ccc(Cl)cc2Cl)cc1OC. The van der Waals surface area contributed by atoms with E-state index in [0.29, 0.717) is 40.2 Å². The smallest absolute Gasteiger partial charge is 0.225 e. The molecular formula is C19H22Cl2N2O3. The lowest BCUT2D eigenvalue weighted by molar-refractivity contribution is -0.116. The summed E-state index contributed by atoms with van der Waals surface area (Å²) in [5.41, 5.74) is 1.69. The Morgan fingerprint density at radius 1 is 1.00 bits per heavy atom. The number of amides is 1. The number of benzene rings is 2. The van der Waals surface area contributed by atoms with Crippen LogP contribution in [0.3, 0.4) is 0 Å². The predicted molar refractivity (Wildman–Crippen MR) is 106 cm³/mol. The Labute approximate surface area is 163 Å². The monoisotopic (exact) mass is 396 g/mol. The van der Waals surface area contributed by atoms with Crippen molar-refractivity contribution in [3.8, 4) is 11.5 Å². The van der Waals surface area contributed by atoms with Gasteiger partial charge in [0.2, 0.25) is 5.91 Å². The van der Waals surface area contributed by atoms with Crippen LogP contribution in [0, 0.1) is 0 Å². The summed E-state index contributed by atoms with van der Waals surface area (Å²) in [5.74, 6) is 1.12. The highest BCUT2D eigenvalue weighted by Crippen LogP contribution is 2.29. The normalized spacial score (nSPS) is 10.5. The summed E-state index contributed by atoms with van der Waals surface area (Å²) < 4.78 is 10.4. The predicted octanol–water partition coefficient (Wildman–Crippen LogP) is 4.17.